The highest BCUT2D eigenvalue weighted by Crippen LogP contribution is 2.18. The lowest BCUT2D eigenvalue weighted by Crippen LogP contribution is -2.40. The van der Waals surface area contributed by atoms with Crippen LogP contribution >= 0.6 is 0 Å². The van der Waals surface area contributed by atoms with Crippen LogP contribution < -0.4 is 5.73 Å². The molecule has 0 aliphatic rings. The van der Waals surface area contributed by atoms with Crippen molar-refractivity contribution in [3.05, 3.63) is 0 Å². The van der Waals surface area contributed by atoms with E-state index in [2.05, 4.69) is 0 Å². The molecule has 0 fully saturated rings. The fraction of sp³-hybridized carbons (Fsp3) is 0.833. The Bertz CT molecular complexity index is 118. The molecule has 1 amide bonds. The largest absolute Gasteiger partial charge is 0.392 e. The summed E-state index contributed by atoms with van der Waals surface area (Å²) in [6.07, 6.45) is -0.685. The second-order valence-electron chi connectivity index (χ2n) is 2.76. The summed E-state index contributed by atoms with van der Waals surface area (Å²) in [7, 11) is 0. The minimum absolute atomic E-state index is 0.475. The van der Waals surface area contributed by atoms with E-state index in [1.807, 2.05) is 0 Å². The van der Waals surface area contributed by atoms with Gasteiger partial charge in [-0.25, -0.2) is 0 Å². The van der Waals surface area contributed by atoms with E-state index in [1.54, 1.807) is 20.8 Å². The highest BCUT2D eigenvalue weighted by Gasteiger charge is 2.30. The van der Waals surface area contributed by atoms with E-state index in [-0.39, 0.29) is 0 Å². The van der Waals surface area contributed by atoms with Crippen LogP contribution in [0.15, 0.2) is 0 Å². The third kappa shape index (κ3) is 1.68. The van der Waals surface area contributed by atoms with Crippen molar-refractivity contribution in [2.45, 2.75) is 26.9 Å². The van der Waals surface area contributed by atoms with Crippen molar-refractivity contribution in [3.8, 4) is 0 Å². The van der Waals surface area contributed by atoms with Gasteiger partial charge in [0, 0.05) is 0 Å². The molecule has 0 aromatic heterocycles. The van der Waals surface area contributed by atoms with Gasteiger partial charge in [-0.2, -0.15) is 0 Å². The zero-order valence-corrected chi connectivity index (χ0v) is 6.01. The first kappa shape index (κ1) is 8.43. The SMILES string of the molecule is C[C@@H](O)C(C)(C)C(N)=O. The van der Waals surface area contributed by atoms with E-state index >= 15 is 0 Å². The molecule has 3 N–H and O–H groups in total. The van der Waals surface area contributed by atoms with Gasteiger partial charge in [-0.3, -0.25) is 4.79 Å². The first-order valence-electron chi connectivity index (χ1n) is 2.87. The lowest BCUT2D eigenvalue weighted by atomic mass is 9.87. The standard InChI is InChI=1S/C6H13NO2/c1-4(8)6(2,3)5(7)9/h4,8H,1-3H3,(H2,7,9)/t4-/m1/s1. The third-order valence-electron chi connectivity index (χ3n) is 1.68. The molecule has 0 unspecified atom stereocenters. The van der Waals surface area contributed by atoms with Gasteiger partial charge in [-0.05, 0) is 20.8 Å². The van der Waals surface area contributed by atoms with Crippen LogP contribution in [-0.4, -0.2) is 17.1 Å². The Morgan fingerprint density at radius 1 is 1.67 bits per heavy atom. The van der Waals surface area contributed by atoms with E-state index in [4.69, 9.17) is 10.8 Å². The van der Waals surface area contributed by atoms with Crippen molar-refractivity contribution in [1.29, 1.82) is 0 Å². The van der Waals surface area contributed by atoms with Gasteiger partial charge in [-0.15, -0.1) is 0 Å². The summed E-state index contributed by atoms with van der Waals surface area (Å²) in [4.78, 5) is 10.5. The highest BCUT2D eigenvalue weighted by atomic mass is 16.3. The van der Waals surface area contributed by atoms with Gasteiger partial charge in [-0.1, -0.05) is 0 Å². The topological polar surface area (TPSA) is 63.3 Å². The Hall–Kier alpha value is -0.570. The average Bonchev–Trinajstić information content (AvgIpc) is 1.65. The number of rotatable bonds is 2. The summed E-state index contributed by atoms with van der Waals surface area (Å²) in [6.45, 7) is 4.77. The third-order valence-corrected chi connectivity index (χ3v) is 1.68. The molecule has 0 aromatic carbocycles. The predicted molar refractivity (Wildman–Crippen MR) is 34.7 cm³/mol. The Labute approximate surface area is 54.9 Å². The molecule has 0 aliphatic carbocycles. The molecule has 0 saturated heterocycles. The Morgan fingerprint density at radius 3 is 2.00 bits per heavy atom. The van der Waals surface area contributed by atoms with E-state index in [1.165, 1.54) is 0 Å². The summed E-state index contributed by atoms with van der Waals surface area (Å²) in [5.41, 5.74) is 4.17. The van der Waals surface area contributed by atoms with Gasteiger partial charge < -0.3 is 10.8 Å². The summed E-state index contributed by atoms with van der Waals surface area (Å²) in [6, 6.07) is 0. The number of carbonyl (C=O) groups is 1. The monoisotopic (exact) mass is 131 g/mol. The Morgan fingerprint density at radius 2 is 2.00 bits per heavy atom. The first-order chi connectivity index (χ1) is 3.89. The van der Waals surface area contributed by atoms with Gasteiger partial charge in [0.25, 0.3) is 0 Å². The summed E-state index contributed by atoms with van der Waals surface area (Å²) in [5.74, 6) is -0.475. The van der Waals surface area contributed by atoms with Gasteiger partial charge in [0.15, 0.2) is 0 Å². The molecule has 0 bridgehead atoms. The maximum Gasteiger partial charge on any atom is 0.225 e. The number of nitrogens with two attached hydrogens (primary N) is 1. The fourth-order valence-corrected chi connectivity index (χ4v) is 0.206. The van der Waals surface area contributed by atoms with Crippen LogP contribution in [0.1, 0.15) is 20.8 Å². The lowest BCUT2D eigenvalue weighted by molar-refractivity contribution is -0.131. The van der Waals surface area contributed by atoms with Gasteiger partial charge >= 0.3 is 0 Å². The number of hydrogen-bond donors (Lipinski definition) is 2. The van der Waals surface area contributed by atoms with Gasteiger partial charge in [0.2, 0.25) is 5.91 Å². The molecule has 3 heteroatoms. The Balaban J connectivity index is 4.19. The lowest BCUT2D eigenvalue weighted by Gasteiger charge is -2.23. The van der Waals surface area contributed by atoms with Crippen LogP contribution in [0.3, 0.4) is 0 Å². The molecule has 54 valence electrons. The molecular weight excluding hydrogens is 118 g/mol. The Kier molecular flexibility index (Phi) is 2.20. The van der Waals surface area contributed by atoms with Crippen molar-refractivity contribution < 1.29 is 9.90 Å². The molecule has 0 spiro atoms. The molecule has 0 aromatic rings. The quantitative estimate of drug-likeness (QED) is 0.548. The summed E-state index contributed by atoms with van der Waals surface area (Å²) < 4.78 is 0. The molecule has 9 heavy (non-hydrogen) atoms. The number of carbonyl (C=O) groups excluding carboxylic acids is 1. The van der Waals surface area contributed by atoms with Crippen LogP contribution in [0.2, 0.25) is 0 Å². The maximum absolute atomic E-state index is 10.5. The molecule has 0 heterocycles. The molecule has 1 atom stereocenters. The smallest absolute Gasteiger partial charge is 0.225 e. The minimum atomic E-state index is -0.806. The van der Waals surface area contributed by atoms with Crippen LogP contribution in [0, 0.1) is 5.41 Å². The number of aliphatic hydroxyl groups excluding tert-OH is 1. The zero-order valence-electron chi connectivity index (χ0n) is 6.01. The van der Waals surface area contributed by atoms with E-state index in [0.29, 0.717) is 0 Å². The number of aliphatic hydroxyl groups is 1. The fourth-order valence-electron chi connectivity index (χ4n) is 0.206. The van der Waals surface area contributed by atoms with E-state index in [0.717, 1.165) is 0 Å². The molecule has 0 rings (SSSR count). The van der Waals surface area contributed by atoms with Crippen LogP contribution in [0.25, 0.3) is 0 Å². The minimum Gasteiger partial charge on any atom is -0.392 e. The summed E-state index contributed by atoms with van der Waals surface area (Å²) in [5, 5.41) is 8.95. The number of amides is 1. The van der Waals surface area contributed by atoms with Gasteiger partial charge in [0.1, 0.15) is 0 Å². The van der Waals surface area contributed by atoms with Crippen LogP contribution in [0.4, 0.5) is 0 Å². The van der Waals surface area contributed by atoms with Crippen molar-refractivity contribution >= 4 is 5.91 Å². The second kappa shape index (κ2) is 2.35. The molecular formula is C6H13NO2. The average molecular weight is 131 g/mol. The van der Waals surface area contributed by atoms with E-state index in [9.17, 15) is 4.79 Å². The zero-order chi connectivity index (χ0) is 7.65. The summed E-state index contributed by atoms with van der Waals surface area (Å²) >= 11 is 0. The number of hydrogen-bond acceptors (Lipinski definition) is 2. The van der Waals surface area contributed by atoms with Crippen LogP contribution in [0.5, 0.6) is 0 Å². The van der Waals surface area contributed by atoms with Crippen LogP contribution in [-0.2, 0) is 4.79 Å². The maximum atomic E-state index is 10.5. The molecule has 0 saturated carbocycles. The van der Waals surface area contributed by atoms with Crippen molar-refractivity contribution in [2.24, 2.45) is 11.1 Å². The van der Waals surface area contributed by atoms with Crippen molar-refractivity contribution in [3.63, 3.8) is 0 Å². The molecule has 0 aliphatic heterocycles. The predicted octanol–water partition coefficient (Wildman–Crippen LogP) is -0.121. The van der Waals surface area contributed by atoms with Crippen molar-refractivity contribution in [1.82, 2.24) is 0 Å². The van der Waals surface area contributed by atoms with Gasteiger partial charge in [0.05, 0.1) is 11.5 Å². The number of primary amides is 1. The van der Waals surface area contributed by atoms with E-state index < -0.39 is 17.4 Å². The van der Waals surface area contributed by atoms with Crippen molar-refractivity contribution in [2.75, 3.05) is 0 Å². The highest BCUT2D eigenvalue weighted by molar-refractivity contribution is 5.80. The molecule has 0 radical (unpaired) electrons. The normalized spacial score (nSPS) is 15.1. The second-order valence-corrected chi connectivity index (χ2v) is 2.76. The molecule has 3 nitrogen and oxygen atoms in total. The first-order valence-corrected chi connectivity index (χ1v) is 2.87.